The van der Waals surface area contributed by atoms with Gasteiger partial charge in [0.25, 0.3) is 0 Å². The largest absolute Gasteiger partial charge is 0.361 e. The Labute approximate surface area is 139 Å². The number of rotatable bonds is 5. The van der Waals surface area contributed by atoms with Gasteiger partial charge in [0.2, 0.25) is 5.95 Å². The molecule has 6 nitrogen and oxygen atoms in total. The fraction of sp³-hybridized carbons (Fsp3) is 0.167. The lowest BCUT2D eigenvalue weighted by Crippen LogP contribution is -2.10. The Morgan fingerprint density at radius 3 is 2.79 bits per heavy atom. The highest BCUT2D eigenvalue weighted by atomic mass is 15.6. The van der Waals surface area contributed by atoms with E-state index in [9.17, 15) is 0 Å². The number of fused-ring (bicyclic) bond motifs is 1. The standard InChI is InChI=1S/C18H18N6/c1-13-6-8-15(9-7-13)24-18(21-22-23-24)19-11-10-14-12-20-17-5-3-2-4-16(14)17/h2-9,12,20H,10-11H2,1H3,(H,19,21,23). The van der Waals surface area contributed by atoms with Gasteiger partial charge in [-0.1, -0.05) is 41.0 Å². The lowest BCUT2D eigenvalue weighted by molar-refractivity contribution is 0.788. The summed E-state index contributed by atoms with van der Waals surface area (Å²) in [6.45, 7) is 2.82. The number of aromatic amines is 1. The van der Waals surface area contributed by atoms with Crippen molar-refractivity contribution >= 4 is 16.9 Å². The zero-order chi connectivity index (χ0) is 16.4. The average Bonchev–Trinajstić information content (AvgIpc) is 3.23. The molecule has 4 rings (SSSR count). The van der Waals surface area contributed by atoms with Crippen LogP contribution in [0.1, 0.15) is 11.1 Å². The lowest BCUT2D eigenvalue weighted by atomic mass is 10.1. The Morgan fingerprint density at radius 1 is 1.08 bits per heavy atom. The van der Waals surface area contributed by atoms with Gasteiger partial charge < -0.3 is 10.3 Å². The maximum Gasteiger partial charge on any atom is 0.247 e. The van der Waals surface area contributed by atoms with Crippen LogP contribution < -0.4 is 5.32 Å². The summed E-state index contributed by atoms with van der Waals surface area (Å²) in [5.41, 5.74) is 4.60. The number of nitrogens with one attached hydrogen (secondary N) is 2. The Balaban J connectivity index is 1.47. The third kappa shape index (κ3) is 2.74. The maximum absolute atomic E-state index is 4.08. The van der Waals surface area contributed by atoms with E-state index in [-0.39, 0.29) is 0 Å². The third-order valence-electron chi connectivity index (χ3n) is 4.10. The fourth-order valence-corrected chi connectivity index (χ4v) is 2.80. The lowest BCUT2D eigenvalue weighted by Gasteiger charge is -2.07. The van der Waals surface area contributed by atoms with E-state index in [1.807, 2.05) is 30.3 Å². The van der Waals surface area contributed by atoms with Crippen LogP contribution in [0.15, 0.2) is 54.7 Å². The van der Waals surface area contributed by atoms with Crippen molar-refractivity contribution in [3.63, 3.8) is 0 Å². The summed E-state index contributed by atoms with van der Waals surface area (Å²) < 4.78 is 1.72. The van der Waals surface area contributed by atoms with E-state index in [0.717, 1.165) is 24.2 Å². The Bertz CT molecular complexity index is 951. The van der Waals surface area contributed by atoms with Crippen LogP contribution in [0.3, 0.4) is 0 Å². The van der Waals surface area contributed by atoms with E-state index in [0.29, 0.717) is 5.95 Å². The molecule has 24 heavy (non-hydrogen) atoms. The summed E-state index contributed by atoms with van der Waals surface area (Å²) in [6.07, 6.45) is 2.96. The fourth-order valence-electron chi connectivity index (χ4n) is 2.80. The van der Waals surface area contributed by atoms with Crippen molar-refractivity contribution < 1.29 is 0 Å². The Kier molecular flexibility index (Phi) is 3.70. The Morgan fingerprint density at radius 2 is 1.92 bits per heavy atom. The number of hydrogen-bond acceptors (Lipinski definition) is 4. The highest BCUT2D eigenvalue weighted by Crippen LogP contribution is 2.18. The van der Waals surface area contributed by atoms with Crippen LogP contribution in [0.25, 0.3) is 16.6 Å². The van der Waals surface area contributed by atoms with Gasteiger partial charge in [-0.25, -0.2) is 0 Å². The first kappa shape index (κ1) is 14.4. The smallest absolute Gasteiger partial charge is 0.247 e. The quantitative estimate of drug-likeness (QED) is 0.593. The number of aryl methyl sites for hydroxylation is 1. The highest BCUT2D eigenvalue weighted by Gasteiger charge is 2.08. The van der Waals surface area contributed by atoms with Crippen LogP contribution in [0.5, 0.6) is 0 Å². The monoisotopic (exact) mass is 318 g/mol. The van der Waals surface area contributed by atoms with Crippen molar-refractivity contribution in [2.45, 2.75) is 13.3 Å². The molecule has 0 atom stereocenters. The number of benzene rings is 2. The zero-order valence-corrected chi connectivity index (χ0v) is 13.4. The van der Waals surface area contributed by atoms with Crippen molar-refractivity contribution in [1.29, 1.82) is 0 Å². The van der Waals surface area contributed by atoms with Gasteiger partial charge in [-0.2, -0.15) is 4.68 Å². The summed E-state index contributed by atoms with van der Waals surface area (Å²) in [6, 6.07) is 16.4. The molecule has 0 amide bonds. The third-order valence-corrected chi connectivity index (χ3v) is 4.10. The first-order valence-corrected chi connectivity index (χ1v) is 7.95. The van der Waals surface area contributed by atoms with Crippen LogP contribution in [0, 0.1) is 6.92 Å². The van der Waals surface area contributed by atoms with Crippen molar-refractivity contribution in [2.75, 3.05) is 11.9 Å². The van der Waals surface area contributed by atoms with E-state index in [4.69, 9.17) is 0 Å². The van der Waals surface area contributed by atoms with Crippen LogP contribution in [0.2, 0.25) is 0 Å². The van der Waals surface area contributed by atoms with Gasteiger partial charge in [-0.15, -0.1) is 0 Å². The second-order valence-corrected chi connectivity index (χ2v) is 5.79. The van der Waals surface area contributed by atoms with E-state index in [1.54, 1.807) is 4.68 Å². The van der Waals surface area contributed by atoms with Crippen molar-refractivity contribution in [1.82, 2.24) is 25.2 Å². The minimum atomic E-state index is 0.652. The summed E-state index contributed by atoms with van der Waals surface area (Å²) in [5.74, 6) is 0.652. The van der Waals surface area contributed by atoms with E-state index in [1.165, 1.54) is 16.5 Å². The molecule has 2 aromatic heterocycles. The molecule has 0 spiro atoms. The molecular weight excluding hydrogens is 300 g/mol. The number of H-pyrrole nitrogens is 1. The molecule has 0 bridgehead atoms. The van der Waals surface area contributed by atoms with E-state index in [2.05, 4.69) is 57.1 Å². The zero-order valence-electron chi connectivity index (χ0n) is 13.4. The van der Waals surface area contributed by atoms with Gasteiger partial charge >= 0.3 is 0 Å². The van der Waals surface area contributed by atoms with Crippen molar-refractivity contribution in [2.24, 2.45) is 0 Å². The number of para-hydroxylation sites is 1. The van der Waals surface area contributed by atoms with Gasteiger partial charge in [0.05, 0.1) is 5.69 Å². The normalized spacial score (nSPS) is 11.0. The van der Waals surface area contributed by atoms with Gasteiger partial charge in [-0.3, -0.25) is 0 Å². The average molecular weight is 318 g/mol. The molecule has 0 saturated heterocycles. The molecule has 4 aromatic rings. The topological polar surface area (TPSA) is 71.4 Å². The van der Waals surface area contributed by atoms with Crippen LogP contribution >= 0.6 is 0 Å². The van der Waals surface area contributed by atoms with Crippen LogP contribution in [0.4, 0.5) is 5.95 Å². The van der Waals surface area contributed by atoms with Gasteiger partial charge in [0.15, 0.2) is 0 Å². The molecular formula is C18H18N6. The molecule has 0 fully saturated rings. The summed E-state index contributed by atoms with van der Waals surface area (Å²) in [4.78, 5) is 3.30. The number of anilines is 1. The number of tetrazole rings is 1. The van der Waals surface area contributed by atoms with E-state index < -0.39 is 0 Å². The molecule has 6 heteroatoms. The molecule has 120 valence electrons. The minimum Gasteiger partial charge on any atom is -0.361 e. The Hall–Kier alpha value is -3.15. The van der Waals surface area contributed by atoms with Gasteiger partial charge in [0, 0.05) is 23.6 Å². The summed E-state index contributed by atoms with van der Waals surface area (Å²) in [5, 5.41) is 16.5. The second kappa shape index (κ2) is 6.16. The molecule has 0 aliphatic rings. The number of hydrogen-bond donors (Lipinski definition) is 2. The minimum absolute atomic E-state index is 0.652. The van der Waals surface area contributed by atoms with Gasteiger partial charge in [-0.05, 0) is 47.5 Å². The summed E-state index contributed by atoms with van der Waals surface area (Å²) in [7, 11) is 0. The van der Waals surface area contributed by atoms with Crippen LogP contribution in [-0.4, -0.2) is 31.7 Å². The molecule has 0 saturated carbocycles. The number of nitrogens with zero attached hydrogens (tertiary/aromatic N) is 4. The van der Waals surface area contributed by atoms with Crippen molar-refractivity contribution in [3.8, 4) is 5.69 Å². The maximum atomic E-state index is 4.08. The molecule has 0 radical (unpaired) electrons. The predicted octanol–water partition coefficient (Wildman–Crippen LogP) is 3.11. The van der Waals surface area contributed by atoms with Crippen molar-refractivity contribution in [3.05, 3.63) is 65.9 Å². The summed E-state index contributed by atoms with van der Waals surface area (Å²) >= 11 is 0. The van der Waals surface area contributed by atoms with Gasteiger partial charge in [0.1, 0.15) is 0 Å². The van der Waals surface area contributed by atoms with E-state index >= 15 is 0 Å². The second-order valence-electron chi connectivity index (χ2n) is 5.79. The molecule has 0 unspecified atom stereocenters. The SMILES string of the molecule is Cc1ccc(-n2nnnc2NCCc2c[nH]c3ccccc23)cc1. The molecule has 2 heterocycles. The molecule has 2 aromatic carbocycles. The first-order valence-electron chi connectivity index (χ1n) is 7.95. The molecule has 0 aliphatic heterocycles. The molecule has 0 aliphatic carbocycles. The number of aromatic nitrogens is 5. The van der Waals surface area contributed by atoms with Crippen LogP contribution in [-0.2, 0) is 6.42 Å². The first-order chi connectivity index (χ1) is 11.8. The highest BCUT2D eigenvalue weighted by molar-refractivity contribution is 5.83. The molecule has 2 N–H and O–H groups in total. The predicted molar refractivity (Wildman–Crippen MR) is 94.4 cm³/mol.